The van der Waals surface area contributed by atoms with Gasteiger partial charge in [-0.2, -0.15) is 0 Å². The van der Waals surface area contributed by atoms with E-state index in [1.54, 1.807) is 0 Å². The first-order chi connectivity index (χ1) is 10.4. The van der Waals surface area contributed by atoms with E-state index in [0.29, 0.717) is 13.0 Å². The van der Waals surface area contributed by atoms with Gasteiger partial charge in [0.2, 0.25) is 5.91 Å². The van der Waals surface area contributed by atoms with Crippen molar-refractivity contribution in [2.24, 2.45) is 5.41 Å². The number of carbonyl (C=O) groups excluding carboxylic acids is 1. The fourth-order valence-electron chi connectivity index (χ4n) is 3.06. The van der Waals surface area contributed by atoms with E-state index in [4.69, 9.17) is 23.2 Å². The van der Waals surface area contributed by atoms with Crippen LogP contribution in [0, 0.1) is 5.41 Å². The Morgan fingerprint density at radius 3 is 2.55 bits per heavy atom. The van der Waals surface area contributed by atoms with Gasteiger partial charge >= 0.3 is 0 Å². The van der Waals surface area contributed by atoms with Gasteiger partial charge in [-0.1, -0.05) is 24.3 Å². The second-order valence-electron chi connectivity index (χ2n) is 6.70. The molecule has 1 aliphatic heterocycles. The van der Waals surface area contributed by atoms with E-state index in [2.05, 4.69) is 28.4 Å². The smallest absolute Gasteiger partial charge is 0.229 e. The highest BCUT2D eigenvalue weighted by atomic mass is 35.5. The van der Waals surface area contributed by atoms with Crippen LogP contribution in [0.5, 0.6) is 0 Å². The Balaban J connectivity index is 1.55. The van der Waals surface area contributed by atoms with Gasteiger partial charge in [0.05, 0.1) is 5.41 Å². The third kappa shape index (κ3) is 3.27. The number of amides is 1. The molecule has 0 aromatic heterocycles. The Labute approximate surface area is 142 Å². The molecule has 1 aliphatic carbocycles. The largest absolute Gasteiger partial charge is 0.351 e. The summed E-state index contributed by atoms with van der Waals surface area (Å²) in [6, 6.07) is 8.41. The van der Waals surface area contributed by atoms with E-state index in [1.807, 2.05) is 13.0 Å². The van der Waals surface area contributed by atoms with Crippen LogP contribution in [0.1, 0.15) is 37.3 Å². The predicted molar refractivity (Wildman–Crippen MR) is 90.0 cm³/mol. The number of halogens is 2. The van der Waals surface area contributed by atoms with Gasteiger partial charge in [0.15, 0.2) is 0 Å². The average Bonchev–Trinajstić information content (AvgIpc) is 2.82. The molecule has 2 aliphatic rings. The zero-order chi connectivity index (χ0) is 15.8. The van der Waals surface area contributed by atoms with E-state index >= 15 is 0 Å². The normalized spacial score (nSPS) is 26.9. The number of alkyl halides is 2. The van der Waals surface area contributed by atoms with Crippen LogP contribution in [-0.2, 0) is 17.9 Å². The molecule has 3 rings (SSSR count). The number of likely N-dealkylation sites (tertiary alicyclic amines) is 1. The Hall–Kier alpha value is -0.770. The molecule has 0 spiro atoms. The van der Waals surface area contributed by atoms with Gasteiger partial charge < -0.3 is 5.32 Å². The summed E-state index contributed by atoms with van der Waals surface area (Å²) in [5.74, 6) is -0.0672. The van der Waals surface area contributed by atoms with Crippen LogP contribution >= 0.6 is 23.2 Å². The summed E-state index contributed by atoms with van der Waals surface area (Å²) < 4.78 is -0.908. The molecule has 1 N–H and O–H groups in total. The highest BCUT2D eigenvalue weighted by Crippen LogP contribution is 2.63. The van der Waals surface area contributed by atoms with Crippen molar-refractivity contribution in [2.45, 2.75) is 43.6 Å². The lowest BCUT2D eigenvalue weighted by atomic mass is 10.1. The van der Waals surface area contributed by atoms with Crippen molar-refractivity contribution >= 4 is 29.1 Å². The summed E-state index contributed by atoms with van der Waals surface area (Å²) in [7, 11) is 0. The monoisotopic (exact) mass is 340 g/mol. The highest BCUT2D eigenvalue weighted by Gasteiger charge is 2.67. The summed E-state index contributed by atoms with van der Waals surface area (Å²) in [5.41, 5.74) is 1.77. The van der Waals surface area contributed by atoms with E-state index in [1.165, 1.54) is 31.5 Å². The van der Waals surface area contributed by atoms with Crippen molar-refractivity contribution in [3.63, 3.8) is 0 Å². The van der Waals surface area contributed by atoms with Crippen LogP contribution in [0.4, 0.5) is 0 Å². The molecule has 1 atom stereocenters. The molecular weight excluding hydrogens is 319 g/mol. The van der Waals surface area contributed by atoms with E-state index in [-0.39, 0.29) is 5.91 Å². The van der Waals surface area contributed by atoms with E-state index < -0.39 is 9.75 Å². The summed E-state index contributed by atoms with van der Waals surface area (Å²) in [6.07, 6.45) is 3.11. The lowest BCUT2D eigenvalue weighted by molar-refractivity contribution is -0.125. The van der Waals surface area contributed by atoms with E-state index in [9.17, 15) is 4.79 Å². The van der Waals surface area contributed by atoms with Gasteiger partial charge in [0.1, 0.15) is 4.33 Å². The van der Waals surface area contributed by atoms with Gasteiger partial charge in [-0.25, -0.2) is 0 Å². The Bertz CT molecular complexity index is 570. The highest BCUT2D eigenvalue weighted by molar-refractivity contribution is 6.53. The first-order valence-electron chi connectivity index (χ1n) is 7.87. The van der Waals surface area contributed by atoms with Gasteiger partial charge in [-0.15, -0.1) is 23.2 Å². The second kappa shape index (κ2) is 6.03. The Morgan fingerprint density at radius 1 is 1.27 bits per heavy atom. The maximum atomic E-state index is 12.2. The minimum absolute atomic E-state index is 0.0672. The zero-order valence-corrected chi connectivity index (χ0v) is 14.4. The SMILES string of the molecule is CC1(C(=O)NCc2cccc(CN3CCCC3)c2)CC1(Cl)Cl. The minimum Gasteiger partial charge on any atom is -0.351 e. The fourth-order valence-corrected chi connectivity index (χ4v) is 3.77. The molecule has 2 fully saturated rings. The number of nitrogens with one attached hydrogen (secondary N) is 1. The molecule has 1 unspecified atom stereocenters. The molecule has 3 nitrogen and oxygen atoms in total. The van der Waals surface area contributed by atoms with Crippen LogP contribution in [0.15, 0.2) is 24.3 Å². The van der Waals surface area contributed by atoms with Crippen molar-refractivity contribution in [2.75, 3.05) is 13.1 Å². The summed E-state index contributed by atoms with van der Waals surface area (Å²) in [4.78, 5) is 14.7. The van der Waals surface area contributed by atoms with E-state index in [0.717, 1.165) is 12.1 Å². The molecule has 5 heteroatoms. The summed E-state index contributed by atoms with van der Waals surface area (Å²) in [5, 5.41) is 2.96. The first-order valence-corrected chi connectivity index (χ1v) is 8.63. The summed E-state index contributed by atoms with van der Waals surface area (Å²) >= 11 is 12.1. The lowest BCUT2D eigenvalue weighted by Crippen LogP contribution is -2.32. The molecule has 22 heavy (non-hydrogen) atoms. The predicted octanol–water partition coefficient (Wildman–Crippen LogP) is 3.48. The average molecular weight is 341 g/mol. The number of rotatable bonds is 5. The summed E-state index contributed by atoms with van der Waals surface area (Å²) in [6.45, 7) is 5.70. The molecule has 0 radical (unpaired) electrons. The number of nitrogens with zero attached hydrogens (tertiary/aromatic N) is 1. The van der Waals surface area contributed by atoms with Gasteiger partial charge in [-0.3, -0.25) is 9.69 Å². The van der Waals surface area contributed by atoms with Crippen LogP contribution in [0.25, 0.3) is 0 Å². The molecule has 120 valence electrons. The van der Waals surface area contributed by atoms with Crippen LogP contribution in [0.3, 0.4) is 0 Å². The number of hydrogen-bond acceptors (Lipinski definition) is 2. The van der Waals surface area contributed by atoms with Crippen molar-refractivity contribution in [3.8, 4) is 0 Å². The minimum atomic E-state index is -0.908. The van der Waals surface area contributed by atoms with Crippen molar-refractivity contribution in [1.29, 1.82) is 0 Å². The first kappa shape index (κ1) is 16.1. The van der Waals surface area contributed by atoms with Crippen molar-refractivity contribution < 1.29 is 4.79 Å². The van der Waals surface area contributed by atoms with Crippen LogP contribution < -0.4 is 5.32 Å². The molecule has 1 aromatic rings. The molecule has 1 saturated carbocycles. The molecule has 1 aromatic carbocycles. The quantitative estimate of drug-likeness (QED) is 0.832. The van der Waals surface area contributed by atoms with Crippen molar-refractivity contribution in [1.82, 2.24) is 10.2 Å². The number of hydrogen-bond donors (Lipinski definition) is 1. The van der Waals surface area contributed by atoms with Crippen LogP contribution in [-0.4, -0.2) is 28.2 Å². The third-order valence-electron chi connectivity index (χ3n) is 4.81. The maximum absolute atomic E-state index is 12.2. The maximum Gasteiger partial charge on any atom is 0.229 e. The van der Waals surface area contributed by atoms with Gasteiger partial charge in [0, 0.05) is 13.1 Å². The molecule has 1 saturated heterocycles. The Kier molecular flexibility index (Phi) is 4.41. The topological polar surface area (TPSA) is 32.3 Å². The molecule has 0 bridgehead atoms. The number of carbonyl (C=O) groups is 1. The molecular formula is C17H22Cl2N2O. The van der Waals surface area contributed by atoms with Crippen molar-refractivity contribution in [3.05, 3.63) is 35.4 Å². The third-order valence-corrected chi connectivity index (χ3v) is 5.91. The standard InChI is InChI=1S/C17H22Cl2N2O/c1-16(12-17(16,18)19)15(22)20-10-13-5-4-6-14(9-13)11-21-7-2-3-8-21/h4-6,9H,2-3,7-8,10-12H2,1H3,(H,20,22). The molecule has 1 amide bonds. The van der Waals surface area contributed by atoms with Gasteiger partial charge in [-0.05, 0) is 50.4 Å². The fraction of sp³-hybridized carbons (Fsp3) is 0.588. The van der Waals surface area contributed by atoms with Crippen LogP contribution in [0.2, 0.25) is 0 Å². The lowest BCUT2D eigenvalue weighted by Gasteiger charge is -2.16. The van der Waals surface area contributed by atoms with Gasteiger partial charge in [0.25, 0.3) is 0 Å². The number of benzene rings is 1. The Morgan fingerprint density at radius 2 is 1.91 bits per heavy atom. The second-order valence-corrected chi connectivity index (χ2v) is 8.18. The zero-order valence-electron chi connectivity index (χ0n) is 12.9. The molecule has 1 heterocycles.